The van der Waals surface area contributed by atoms with E-state index in [-0.39, 0.29) is 25.7 Å². The molecule has 1 aliphatic carbocycles. The molecule has 3 unspecified atom stereocenters. The summed E-state index contributed by atoms with van der Waals surface area (Å²) in [6.07, 6.45) is 0.854. The molecule has 1 saturated carbocycles. The maximum absolute atomic E-state index is 13.5. The second kappa shape index (κ2) is 9.20. The van der Waals surface area contributed by atoms with Gasteiger partial charge < -0.3 is 19.3 Å². The highest BCUT2D eigenvalue weighted by Gasteiger charge is 2.67. The highest BCUT2D eigenvalue weighted by molar-refractivity contribution is 7.62. The van der Waals surface area contributed by atoms with Crippen LogP contribution in [0.5, 0.6) is 0 Å². The molecule has 0 aliphatic heterocycles. The van der Waals surface area contributed by atoms with Crippen molar-refractivity contribution in [2.24, 2.45) is 5.92 Å². The molecular weight excluding hydrogens is 369 g/mol. The van der Waals surface area contributed by atoms with Crippen molar-refractivity contribution >= 4 is 19.4 Å². The zero-order valence-electron chi connectivity index (χ0n) is 15.7. The van der Waals surface area contributed by atoms with Gasteiger partial charge in [0.2, 0.25) is 7.37 Å². The average Bonchev–Trinajstić information content (AvgIpc) is 3.36. The average molecular weight is 395 g/mol. The van der Waals surface area contributed by atoms with Crippen molar-refractivity contribution in [3.05, 3.63) is 48.6 Å². The van der Waals surface area contributed by atoms with Gasteiger partial charge in [-0.15, -0.1) is 6.58 Å². The molecule has 1 aromatic carbocycles. The van der Waals surface area contributed by atoms with Crippen LogP contribution in [0.25, 0.3) is 0 Å². The second-order valence-electron chi connectivity index (χ2n) is 6.21. The van der Waals surface area contributed by atoms with Gasteiger partial charge in [-0.05, 0) is 25.8 Å². The second-order valence-corrected chi connectivity index (χ2v) is 8.93. The summed E-state index contributed by atoms with van der Waals surface area (Å²) in [5, 5.41) is 1.49. The molecule has 1 aromatic rings. The number of carbonyl (C=O) groups is 2. The SMILES string of the molecule is C=CC1CC1(NC(=O)OCc1ccccc1)P(=O)(CC(=O)OCC)OCC. The van der Waals surface area contributed by atoms with Crippen LogP contribution in [-0.2, 0) is 30.0 Å². The van der Waals surface area contributed by atoms with Gasteiger partial charge in [0.15, 0.2) is 0 Å². The third-order valence-electron chi connectivity index (χ3n) is 4.39. The molecule has 148 valence electrons. The topological polar surface area (TPSA) is 90.9 Å². The van der Waals surface area contributed by atoms with Crippen LogP contribution in [0.1, 0.15) is 25.8 Å². The fourth-order valence-electron chi connectivity index (χ4n) is 3.00. The molecule has 0 aromatic heterocycles. The molecule has 7 nitrogen and oxygen atoms in total. The van der Waals surface area contributed by atoms with Gasteiger partial charge in [-0.2, -0.15) is 0 Å². The van der Waals surface area contributed by atoms with Crippen molar-refractivity contribution in [2.75, 3.05) is 19.4 Å². The highest BCUT2D eigenvalue weighted by atomic mass is 31.2. The number of benzene rings is 1. The lowest BCUT2D eigenvalue weighted by molar-refractivity contribution is -0.140. The van der Waals surface area contributed by atoms with Gasteiger partial charge in [-0.3, -0.25) is 9.36 Å². The Hall–Kier alpha value is -2.11. The summed E-state index contributed by atoms with van der Waals surface area (Å²) in [6, 6.07) is 9.22. The van der Waals surface area contributed by atoms with Crippen molar-refractivity contribution in [3.8, 4) is 0 Å². The molecule has 1 fully saturated rings. The molecule has 0 spiro atoms. The third kappa shape index (κ3) is 4.99. The Morgan fingerprint density at radius 3 is 2.52 bits per heavy atom. The van der Waals surface area contributed by atoms with Crippen LogP contribution in [0.3, 0.4) is 0 Å². The first-order chi connectivity index (χ1) is 12.9. The molecule has 2 rings (SSSR count). The number of esters is 1. The lowest BCUT2D eigenvalue weighted by Crippen LogP contribution is -2.40. The van der Waals surface area contributed by atoms with Crippen molar-refractivity contribution in [3.63, 3.8) is 0 Å². The molecule has 0 bridgehead atoms. The number of carbonyl (C=O) groups excluding carboxylic acids is 2. The van der Waals surface area contributed by atoms with E-state index in [4.69, 9.17) is 14.0 Å². The first-order valence-electron chi connectivity index (χ1n) is 8.91. The van der Waals surface area contributed by atoms with Gasteiger partial charge in [-0.25, -0.2) is 4.79 Å². The molecular formula is C19H26NO6P. The summed E-state index contributed by atoms with van der Waals surface area (Å²) in [6.45, 7) is 7.48. The Kier molecular flexibility index (Phi) is 7.22. The van der Waals surface area contributed by atoms with Crippen LogP contribution in [0.15, 0.2) is 43.0 Å². The van der Waals surface area contributed by atoms with Crippen LogP contribution >= 0.6 is 7.37 Å². The van der Waals surface area contributed by atoms with Crippen LogP contribution in [0.2, 0.25) is 0 Å². The van der Waals surface area contributed by atoms with Gasteiger partial charge in [0.1, 0.15) is 18.0 Å². The zero-order chi connectivity index (χ0) is 19.9. The summed E-state index contributed by atoms with van der Waals surface area (Å²) in [7, 11) is -3.58. The molecule has 1 aliphatic rings. The first-order valence-corrected chi connectivity index (χ1v) is 10.7. The summed E-state index contributed by atoms with van der Waals surface area (Å²) in [5.74, 6) is -0.892. The Bertz CT molecular complexity index is 722. The fourth-order valence-corrected chi connectivity index (χ4v) is 5.80. The quantitative estimate of drug-likeness (QED) is 0.369. The fraction of sp³-hybridized carbons (Fsp3) is 0.474. The molecule has 1 N–H and O–H groups in total. The number of alkyl carbamates (subject to hydrolysis) is 1. The van der Waals surface area contributed by atoms with Crippen molar-refractivity contribution in [1.29, 1.82) is 0 Å². The van der Waals surface area contributed by atoms with E-state index >= 15 is 0 Å². The van der Waals surface area contributed by atoms with E-state index in [0.717, 1.165) is 5.56 Å². The lowest BCUT2D eigenvalue weighted by Gasteiger charge is -2.28. The molecule has 8 heteroatoms. The number of amides is 1. The summed E-state index contributed by atoms with van der Waals surface area (Å²) in [5.41, 5.74) is 0.831. The van der Waals surface area contributed by atoms with Crippen LogP contribution < -0.4 is 5.32 Å². The van der Waals surface area contributed by atoms with E-state index in [2.05, 4.69) is 11.9 Å². The number of nitrogens with one attached hydrogen (secondary N) is 1. The Morgan fingerprint density at radius 2 is 1.96 bits per heavy atom. The Morgan fingerprint density at radius 1 is 1.26 bits per heavy atom. The zero-order valence-corrected chi connectivity index (χ0v) is 16.6. The number of ether oxygens (including phenoxy) is 2. The normalized spacial score (nSPS) is 23.0. The number of hydrogen-bond acceptors (Lipinski definition) is 6. The van der Waals surface area contributed by atoms with Crippen LogP contribution in [-0.4, -0.2) is 36.7 Å². The van der Waals surface area contributed by atoms with Gasteiger partial charge in [-0.1, -0.05) is 36.4 Å². The number of rotatable bonds is 10. The monoisotopic (exact) mass is 395 g/mol. The predicted octanol–water partition coefficient (Wildman–Crippen LogP) is 3.69. The molecule has 0 heterocycles. The summed E-state index contributed by atoms with van der Waals surface area (Å²) in [4.78, 5) is 24.3. The minimum Gasteiger partial charge on any atom is -0.466 e. The molecule has 0 saturated heterocycles. The predicted molar refractivity (Wildman–Crippen MR) is 102 cm³/mol. The third-order valence-corrected chi connectivity index (χ3v) is 7.58. The Labute approximate surface area is 159 Å². The van der Waals surface area contributed by atoms with E-state index in [9.17, 15) is 14.2 Å². The standard InChI is InChI=1S/C19H26NO6P/c1-4-16-12-19(16,27(23,26-6-3)14-17(21)24-5-2)20-18(22)25-13-15-10-8-7-9-11-15/h4,7-11,16H,1,5-6,12-14H2,2-3H3,(H,20,22). The van der Waals surface area contributed by atoms with Gasteiger partial charge in [0.05, 0.1) is 13.2 Å². The van der Waals surface area contributed by atoms with E-state index in [1.165, 1.54) is 0 Å². The number of hydrogen-bond donors (Lipinski definition) is 1. The summed E-state index contributed by atoms with van der Waals surface area (Å²) < 4.78 is 29.2. The lowest BCUT2D eigenvalue weighted by atomic mass is 10.2. The van der Waals surface area contributed by atoms with E-state index in [1.54, 1.807) is 19.9 Å². The van der Waals surface area contributed by atoms with Crippen LogP contribution in [0.4, 0.5) is 4.79 Å². The first kappa shape index (κ1) is 21.2. The van der Waals surface area contributed by atoms with E-state index in [1.807, 2.05) is 30.3 Å². The smallest absolute Gasteiger partial charge is 0.408 e. The molecule has 27 heavy (non-hydrogen) atoms. The Balaban J connectivity index is 2.12. The van der Waals surface area contributed by atoms with Crippen molar-refractivity contribution in [2.45, 2.75) is 32.2 Å². The largest absolute Gasteiger partial charge is 0.466 e. The molecule has 1 amide bonds. The minimum atomic E-state index is -3.58. The van der Waals surface area contributed by atoms with Crippen molar-refractivity contribution in [1.82, 2.24) is 5.32 Å². The molecule has 0 radical (unpaired) electrons. The van der Waals surface area contributed by atoms with E-state index < -0.39 is 30.9 Å². The minimum absolute atomic E-state index is 0.0817. The van der Waals surface area contributed by atoms with Crippen LogP contribution in [0, 0.1) is 5.92 Å². The van der Waals surface area contributed by atoms with E-state index in [0.29, 0.717) is 6.42 Å². The highest BCUT2D eigenvalue weighted by Crippen LogP contribution is 2.72. The molecule has 3 atom stereocenters. The van der Waals surface area contributed by atoms with Crippen molar-refractivity contribution < 1.29 is 28.2 Å². The van der Waals surface area contributed by atoms with Gasteiger partial charge in [0, 0.05) is 5.92 Å². The van der Waals surface area contributed by atoms with Gasteiger partial charge in [0.25, 0.3) is 0 Å². The maximum atomic E-state index is 13.5. The van der Waals surface area contributed by atoms with Gasteiger partial charge >= 0.3 is 12.1 Å². The maximum Gasteiger partial charge on any atom is 0.408 e. The summed E-state index contributed by atoms with van der Waals surface area (Å²) >= 11 is 0.